The normalized spacial score (nSPS) is 12.8. The molecule has 0 fully saturated rings. The fourth-order valence-electron chi connectivity index (χ4n) is 3.66. The third-order valence-corrected chi connectivity index (χ3v) is 6.75. The van der Waals surface area contributed by atoms with Gasteiger partial charge in [-0.05, 0) is 23.8 Å². The van der Waals surface area contributed by atoms with Gasteiger partial charge in [-0.2, -0.15) is 0 Å². The summed E-state index contributed by atoms with van der Waals surface area (Å²) in [5.41, 5.74) is 1.13. The van der Waals surface area contributed by atoms with Crippen LogP contribution in [0.2, 0.25) is 0 Å². The molecular weight excluding hydrogens is 506 g/mol. The Morgan fingerprint density at radius 1 is 1.19 bits per heavy atom. The summed E-state index contributed by atoms with van der Waals surface area (Å²) in [6.07, 6.45) is 2.42. The standard InChI is InChI=1S/C22H17N7O7S/c30-18-10-36-17-5-4-12(6-15(17)27-18)8-24-22(31)21-20-19(25-11-26-21)16(9-23-20)28-37(34,35)14-3-1-2-13(7-14)29(32)33/h1-7,9,11,23,28H,8,10H2,(H,24,31)(H,27,30). The Balaban J connectivity index is 1.35. The van der Waals surface area contributed by atoms with Gasteiger partial charge < -0.3 is 20.4 Å². The van der Waals surface area contributed by atoms with Gasteiger partial charge in [0.05, 0.1) is 26.7 Å². The average molecular weight is 523 g/mol. The highest BCUT2D eigenvalue weighted by molar-refractivity contribution is 7.92. The van der Waals surface area contributed by atoms with Crippen LogP contribution >= 0.6 is 0 Å². The minimum atomic E-state index is -4.20. The number of hydrogen-bond acceptors (Lipinski definition) is 9. The van der Waals surface area contributed by atoms with Crippen molar-refractivity contribution in [2.45, 2.75) is 11.4 Å². The molecule has 14 nitrogen and oxygen atoms in total. The van der Waals surface area contributed by atoms with Gasteiger partial charge in [0.15, 0.2) is 12.3 Å². The number of benzene rings is 2. The van der Waals surface area contributed by atoms with Crippen LogP contribution < -0.4 is 20.1 Å². The second-order valence-corrected chi connectivity index (χ2v) is 9.54. The minimum Gasteiger partial charge on any atom is -0.482 e. The molecule has 0 bridgehead atoms. The molecule has 2 aromatic carbocycles. The number of ether oxygens (including phenoxy) is 1. The molecular formula is C22H17N7O7S. The van der Waals surface area contributed by atoms with Crippen LogP contribution in [0.25, 0.3) is 11.0 Å². The van der Waals surface area contributed by atoms with Gasteiger partial charge in [-0.25, -0.2) is 18.4 Å². The molecule has 5 rings (SSSR count). The third-order valence-electron chi connectivity index (χ3n) is 5.39. The van der Waals surface area contributed by atoms with Gasteiger partial charge in [-0.1, -0.05) is 12.1 Å². The van der Waals surface area contributed by atoms with Crippen LogP contribution in [0.5, 0.6) is 5.75 Å². The van der Waals surface area contributed by atoms with E-state index >= 15 is 0 Å². The Morgan fingerprint density at radius 3 is 2.84 bits per heavy atom. The fourth-order valence-corrected chi connectivity index (χ4v) is 4.76. The molecule has 0 atom stereocenters. The second kappa shape index (κ2) is 9.19. The summed E-state index contributed by atoms with van der Waals surface area (Å²) < 4.78 is 33.3. The number of fused-ring (bicyclic) bond motifs is 2. The molecule has 0 spiro atoms. The quantitative estimate of drug-likeness (QED) is 0.206. The lowest BCUT2D eigenvalue weighted by Crippen LogP contribution is -2.26. The Bertz CT molecular complexity index is 1680. The Labute approximate surface area is 208 Å². The van der Waals surface area contributed by atoms with Gasteiger partial charge in [0, 0.05) is 24.9 Å². The number of aromatic amines is 1. The van der Waals surface area contributed by atoms with Crippen LogP contribution in [0, 0.1) is 10.1 Å². The number of nitrogens with zero attached hydrogens (tertiary/aromatic N) is 3. The molecule has 2 aromatic heterocycles. The highest BCUT2D eigenvalue weighted by atomic mass is 32.2. The second-order valence-electron chi connectivity index (χ2n) is 7.86. The summed E-state index contributed by atoms with van der Waals surface area (Å²) in [4.78, 5) is 45.3. The first-order valence-electron chi connectivity index (χ1n) is 10.6. The molecule has 0 radical (unpaired) electrons. The summed E-state index contributed by atoms with van der Waals surface area (Å²) in [5.74, 6) is -0.306. The first-order chi connectivity index (χ1) is 17.7. The first-order valence-corrected chi connectivity index (χ1v) is 12.1. The van der Waals surface area contributed by atoms with Crippen LogP contribution in [0.4, 0.5) is 17.1 Å². The zero-order valence-corrected chi connectivity index (χ0v) is 19.5. The number of aromatic nitrogens is 3. The maximum atomic E-state index is 12.9. The Kier molecular flexibility index (Phi) is 5.88. The number of H-pyrrole nitrogens is 1. The van der Waals surface area contributed by atoms with Crippen molar-refractivity contribution >= 4 is 49.9 Å². The van der Waals surface area contributed by atoms with Crippen molar-refractivity contribution in [3.63, 3.8) is 0 Å². The topological polar surface area (TPSA) is 198 Å². The zero-order chi connectivity index (χ0) is 26.2. The molecule has 4 aromatic rings. The molecule has 0 aliphatic carbocycles. The van der Waals surface area contributed by atoms with Crippen LogP contribution in [0.3, 0.4) is 0 Å². The van der Waals surface area contributed by atoms with Gasteiger partial charge in [0.1, 0.15) is 17.6 Å². The number of non-ortho nitro benzene ring substituents is 1. The van der Waals surface area contributed by atoms with E-state index in [1.807, 2.05) is 0 Å². The average Bonchev–Trinajstić information content (AvgIpc) is 3.29. The summed E-state index contributed by atoms with van der Waals surface area (Å²) in [5, 5.41) is 16.4. The van der Waals surface area contributed by atoms with Crippen molar-refractivity contribution in [2.75, 3.05) is 16.6 Å². The predicted molar refractivity (Wildman–Crippen MR) is 130 cm³/mol. The van der Waals surface area contributed by atoms with E-state index in [2.05, 4.69) is 30.3 Å². The molecule has 3 heterocycles. The van der Waals surface area contributed by atoms with E-state index in [1.165, 1.54) is 24.4 Å². The number of nitrogens with one attached hydrogen (secondary N) is 4. The molecule has 2 amide bonds. The number of nitro groups is 1. The van der Waals surface area contributed by atoms with E-state index < -0.39 is 20.9 Å². The van der Waals surface area contributed by atoms with E-state index in [9.17, 15) is 28.1 Å². The maximum Gasteiger partial charge on any atom is 0.272 e. The molecule has 37 heavy (non-hydrogen) atoms. The highest BCUT2D eigenvalue weighted by Crippen LogP contribution is 2.29. The maximum absolute atomic E-state index is 12.9. The largest absolute Gasteiger partial charge is 0.482 e. The number of amides is 2. The Morgan fingerprint density at radius 2 is 2.03 bits per heavy atom. The molecule has 0 unspecified atom stereocenters. The number of hydrogen-bond donors (Lipinski definition) is 4. The van der Waals surface area contributed by atoms with E-state index in [0.717, 1.165) is 12.4 Å². The van der Waals surface area contributed by atoms with Crippen molar-refractivity contribution in [3.05, 3.63) is 76.4 Å². The van der Waals surface area contributed by atoms with E-state index in [0.29, 0.717) is 17.0 Å². The van der Waals surface area contributed by atoms with Crippen LogP contribution in [-0.4, -0.2) is 46.7 Å². The van der Waals surface area contributed by atoms with Crippen molar-refractivity contribution in [1.29, 1.82) is 0 Å². The molecule has 4 N–H and O–H groups in total. The molecule has 1 aliphatic rings. The fraction of sp³-hybridized carbons (Fsp3) is 0.0909. The summed E-state index contributed by atoms with van der Waals surface area (Å²) >= 11 is 0. The van der Waals surface area contributed by atoms with E-state index in [-0.39, 0.29) is 52.1 Å². The van der Waals surface area contributed by atoms with E-state index in [4.69, 9.17) is 4.74 Å². The van der Waals surface area contributed by atoms with Crippen molar-refractivity contribution in [1.82, 2.24) is 20.3 Å². The van der Waals surface area contributed by atoms with Crippen LogP contribution in [0.1, 0.15) is 16.1 Å². The molecule has 188 valence electrons. The van der Waals surface area contributed by atoms with Crippen LogP contribution in [0.15, 0.2) is 59.9 Å². The van der Waals surface area contributed by atoms with E-state index in [1.54, 1.807) is 18.2 Å². The lowest BCUT2D eigenvalue weighted by Gasteiger charge is -2.18. The zero-order valence-electron chi connectivity index (χ0n) is 18.7. The lowest BCUT2D eigenvalue weighted by molar-refractivity contribution is -0.385. The monoisotopic (exact) mass is 523 g/mol. The van der Waals surface area contributed by atoms with Gasteiger partial charge in [0.25, 0.3) is 27.5 Å². The van der Waals surface area contributed by atoms with Crippen molar-refractivity contribution < 1.29 is 27.7 Å². The van der Waals surface area contributed by atoms with Crippen molar-refractivity contribution in [2.24, 2.45) is 0 Å². The van der Waals surface area contributed by atoms with Crippen LogP contribution in [-0.2, 0) is 21.4 Å². The molecule has 0 saturated carbocycles. The highest BCUT2D eigenvalue weighted by Gasteiger charge is 2.22. The van der Waals surface area contributed by atoms with Crippen molar-refractivity contribution in [3.8, 4) is 5.75 Å². The number of anilines is 2. The number of rotatable bonds is 7. The van der Waals surface area contributed by atoms with Gasteiger partial charge in [0.2, 0.25) is 0 Å². The Hall–Kier alpha value is -5.05. The summed E-state index contributed by atoms with van der Waals surface area (Å²) in [6.45, 7) is 0.0484. The third kappa shape index (κ3) is 4.74. The predicted octanol–water partition coefficient (Wildman–Crippen LogP) is 1.93. The number of carbonyl (C=O) groups is 2. The molecule has 15 heteroatoms. The minimum absolute atomic E-state index is 0.0274. The summed E-state index contributed by atoms with van der Waals surface area (Å²) in [6, 6.07) is 9.69. The number of sulfonamides is 1. The van der Waals surface area contributed by atoms with Gasteiger partial charge >= 0.3 is 0 Å². The SMILES string of the molecule is O=C1COc2ccc(CNC(=O)c3ncnc4c(NS(=O)(=O)c5cccc([N+](=O)[O-])c5)c[nH]c34)cc2N1. The molecule has 1 aliphatic heterocycles. The smallest absolute Gasteiger partial charge is 0.272 e. The van der Waals surface area contributed by atoms with Gasteiger partial charge in [-0.15, -0.1) is 0 Å². The summed E-state index contributed by atoms with van der Waals surface area (Å²) in [7, 11) is -4.20. The number of carbonyl (C=O) groups excluding carboxylic acids is 2. The molecule has 0 saturated heterocycles. The lowest BCUT2D eigenvalue weighted by atomic mass is 10.1. The first kappa shape index (κ1) is 23.7. The van der Waals surface area contributed by atoms with Gasteiger partial charge in [-0.3, -0.25) is 24.4 Å². The number of nitro benzene ring substituents is 1.